The first-order chi connectivity index (χ1) is 6.49. The van der Waals surface area contributed by atoms with E-state index in [1.807, 2.05) is 0 Å². The summed E-state index contributed by atoms with van der Waals surface area (Å²) < 4.78 is 46.4. The molecule has 0 aliphatic rings. The van der Waals surface area contributed by atoms with Crippen LogP contribution in [-0.4, -0.2) is 17.8 Å². The second-order valence-electron chi connectivity index (χ2n) is 2.06. The molecular formula is C8H6F4O2. The lowest BCUT2D eigenvalue weighted by molar-refractivity contribution is -0.137. The van der Waals surface area contributed by atoms with E-state index in [0.29, 0.717) is 0 Å². The fraction of sp³-hybridized carbons (Fsp3) is 0.125. The lowest BCUT2D eigenvalue weighted by atomic mass is 10.3. The van der Waals surface area contributed by atoms with E-state index in [1.165, 1.54) is 0 Å². The Morgan fingerprint density at radius 2 is 1.57 bits per heavy atom. The third kappa shape index (κ3) is 4.44. The van der Waals surface area contributed by atoms with Crippen molar-refractivity contribution in [2.75, 3.05) is 6.67 Å². The van der Waals surface area contributed by atoms with Crippen LogP contribution in [0.3, 0.4) is 0 Å². The van der Waals surface area contributed by atoms with Gasteiger partial charge in [0.25, 0.3) is 0 Å². The van der Waals surface area contributed by atoms with Gasteiger partial charge in [0.1, 0.15) is 0 Å². The van der Waals surface area contributed by atoms with Crippen LogP contribution in [0.15, 0.2) is 18.2 Å². The standard InChI is InChI=1S/C6H3F3.C2H3FO2/c7-4-2-1-3-5(8)6(4)9;3-1-2(4)5/h1-3H;1H2,(H,4,5). The Balaban J connectivity index is 0.000000292. The van der Waals surface area contributed by atoms with Gasteiger partial charge in [0.2, 0.25) is 0 Å². The molecule has 1 rings (SSSR count). The minimum absolute atomic E-state index is 0.860. The van der Waals surface area contributed by atoms with Crippen molar-refractivity contribution in [3.05, 3.63) is 35.7 Å². The van der Waals surface area contributed by atoms with Crippen molar-refractivity contribution < 1.29 is 27.5 Å². The van der Waals surface area contributed by atoms with E-state index in [2.05, 4.69) is 0 Å². The van der Waals surface area contributed by atoms with Crippen LogP contribution in [0, 0.1) is 17.5 Å². The molecule has 1 N–H and O–H groups in total. The van der Waals surface area contributed by atoms with Crippen molar-refractivity contribution in [2.24, 2.45) is 0 Å². The highest BCUT2D eigenvalue weighted by atomic mass is 19.2. The highest BCUT2D eigenvalue weighted by Gasteiger charge is 2.04. The third-order valence-corrected chi connectivity index (χ3v) is 1.02. The highest BCUT2D eigenvalue weighted by Crippen LogP contribution is 2.07. The van der Waals surface area contributed by atoms with E-state index in [-0.39, 0.29) is 0 Å². The van der Waals surface area contributed by atoms with Crippen molar-refractivity contribution in [3.63, 3.8) is 0 Å². The molecule has 0 heterocycles. The van der Waals surface area contributed by atoms with Crippen LogP contribution in [0.4, 0.5) is 17.6 Å². The first kappa shape index (κ1) is 12.4. The fourth-order valence-electron chi connectivity index (χ4n) is 0.477. The molecule has 0 atom stereocenters. The summed E-state index contributed by atoms with van der Waals surface area (Å²) in [5.41, 5.74) is 0. The molecule has 0 aliphatic carbocycles. The molecule has 1 aromatic carbocycles. The smallest absolute Gasteiger partial charge is 0.335 e. The predicted octanol–water partition coefficient (Wildman–Crippen LogP) is 2.14. The second-order valence-corrected chi connectivity index (χ2v) is 2.06. The average molecular weight is 210 g/mol. The Morgan fingerprint density at radius 1 is 1.21 bits per heavy atom. The summed E-state index contributed by atoms with van der Waals surface area (Å²) in [4.78, 5) is 8.99. The normalized spacial score (nSPS) is 8.86. The summed E-state index contributed by atoms with van der Waals surface area (Å²) in [7, 11) is 0. The maximum atomic E-state index is 12.0. The molecule has 0 aromatic heterocycles. The first-order valence-electron chi connectivity index (χ1n) is 3.36. The molecule has 0 aliphatic heterocycles. The molecule has 0 saturated heterocycles. The molecule has 14 heavy (non-hydrogen) atoms. The van der Waals surface area contributed by atoms with Gasteiger partial charge in [-0.1, -0.05) is 6.07 Å². The number of hydrogen-bond donors (Lipinski definition) is 1. The Hall–Kier alpha value is -1.59. The van der Waals surface area contributed by atoms with Crippen molar-refractivity contribution >= 4 is 5.97 Å². The minimum atomic E-state index is -1.42. The molecule has 2 nitrogen and oxygen atoms in total. The summed E-state index contributed by atoms with van der Waals surface area (Å²) in [6.45, 7) is -1.28. The number of alkyl halides is 1. The zero-order valence-electron chi connectivity index (χ0n) is 6.81. The molecular weight excluding hydrogens is 204 g/mol. The van der Waals surface area contributed by atoms with Crippen molar-refractivity contribution in [1.82, 2.24) is 0 Å². The van der Waals surface area contributed by atoms with E-state index < -0.39 is 30.1 Å². The van der Waals surface area contributed by atoms with Gasteiger partial charge in [0.15, 0.2) is 24.1 Å². The molecule has 0 radical (unpaired) electrons. The average Bonchev–Trinajstić information content (AvgIpc) is 2.15. The van der Waals surface area contributed by atoms with E-state index >= 15 is 0 Å². The van der Waals surface area contributed by atoms with Gasteiger partial charge >= 0.3 is 5.97 Å². The van der Waals surface area contributed by atoms with Crippen molar-refractivity contribution in [1.29, 1.82) is 0 Å². The summed E-state index contributed by atoms with van der Waals surface area (Å²) in [6.07, 6.45) is 0. The lowest BCUT2D eigenvalue weighted by Crippen LogP contribution is -1.93. The first-order valence-corrected chi connectivity index (χ1v) is 3.36. The van der Waals surface area contributed by atoms with E-state index in [9.17, 15) is 17.6 Å². The number of benzene rings is 1. The molecule has 0 fully saturated rings. The molecule has 0 unspecified atom stereocenters. The Morgan fingerprint density at radius 3 is 1.79 bits per heavy atom. The van der Waals surface area contributed by atoms with Crippen LogP contribution in [0.1, 0.15) is 0 Å². The number of rotatable bonds is 1. The zero-order valence-corrected chi connectivity index (χ0v) is 6.81. The third-order valence-electron chi connectivity index (χ3n) is 1.02. The van der Waals surface area contributed by atoms with Gasteiger partial charge in [0, 0.05) is 0 Å². The SMILES string of the molecule is Fc1cccc(F)c1F.O=C(O)CF. The molecule has 0 bridgehead atoms. The van der Waals surface area contributed by atoms with Gasteiger partial charge in [-0.05, 0) is 12.1 Å². The molecule has 78 valence electrons. The topological polar surface area (TPSA) is 37.3 Å². The maximum Gasteiger partial charge on any atom is 0.335 e. The van der Waals surface area contributed by atoms with Crippen LogP contribution in [0.25, 0.3) is 0 Å². The largest absolute Gasteiger partial charge is 0.479 e. The Labute approximate surface area is 76.8 Å². The Kier molecular flexibility index (Phi) is 5.28. The second kappa shape index (κ2) is 5.95. The Bertz CT molecular complexity index is 294. The predicted molar refractivity (Wildman–Crippen MR) is 39.9 cm³/mol. The molecule has 6 heteroatoms. The maximum absolute atomic E-state index is 12.0. The van der Waals surface area contributed by atoms with E-state index in [1.54, 1.807) is 0 Å². The fourth-order valence-corrected chi connectivity index (χ4v) is 0.477. The van der Waals surface area contributed by atoms with Gasteiger partial charge < -0.3 is 5.11 Å². The van der Waals surface area contributed by atoms with Crippen LogP contribution < -0.4 is 0 Å². The van der Waals surface area contributed by atoms with Crippen LogP contribution >= 0.6 is 0 Å². The lowest BCUT2D eigenvalue weighted by Gasteiger charge is -1.90. The molecule has 1 aromatic rings. The van der Waals surface area contributed by atoms with Crippen molar-refractivity contribution in [2.45, 2.75) is 0 Å². The summed E-state index contributed by atoms with van der Waals surface area (Å²) in [5.74, 6) is -5.15. The zero-order chi connectivity index (χ0) is 11.1. The van der Waals surface area contributed by atoms with Gasteiger partial charge in [-0.2, -0.15) is 0 Å². The van der Waals surface area contributed by atoms with Gasteiger partial charge in [-0.3, -0.25) is 0 Å². The molecule has 0 spiro atoms. The number of carbonyl (C=O) groups is 1. The number of aliphatic carboxylic acids is 1. The van der Waals surface area contributed by atoms with Gasteiger partial charge in [0.05, 0.1) is 0 Å². The van der Waals surface area contributed by atoms with Crippen LogP contribution in [-0.2, 0) is 4.79 Å². The van der Waals surface area contributed by atoms with Gasteiger partial charge in [-0.25, -0.2) is 22.4 Å². The van der Waals surface area contributed by atoms with E-state index in [0.717, 1.165) is 18.2 Å². The van der Waals surface area contributed by atoms with E-state index in [4.69, 9.17) is 9.90 Å². The molecule has 0 amide bonds. The monoisotopic (exact) mass is 210 g/mol. The summed E-state index contributed by atoms with van der Waals surface area (Å²) in [6, 6.07) is 2.82. The van der Waals surface area contributed by atoms with Crippen LogP contribution in [0.5, 0.6) is 0 Å². The number of carboxylic acids is 1. The van der Waals surface area contributed by atoms with Crippen LogP contribution in [0.2, 0.25) is 0 Å². The summed E-state index contributed by atoms with van der Waals surface area (Å²) in [5, 5.41) is 7.35. The number of hydrogen-bond acceptors (Lipinski definition) is 1. The minimum Gasteiger partial charge on any atom is -0.479 e. The summed E-state index contributed by atoms with van der Waals surface area (Å²) >= 11 is 0. The quantitative estimate of drug-likeness (QED) is 0.569. The number of halogens is 4. The molecule has 0 saturated carbocycles. The van der Waals surface area contributed by atoms with Crippen molar-refractivity contribution in [3.8, 4) is 0 Å². The highest BCUT2D eigenvalue weighted by molar-refractivity contribution is 5.67. The number of carboxylic acid groups (broad SMARTS) is 1. The van der Waals surface area contributed by atoms with Gasteiger partial charge in [-0.15, -0.1) is 0 Å².